The molecule has 1 amide bonds. The summed E-state index contributed by atoms with van der Waals surface area (Å²) in [5.41, 5.74) is 0.720. The molecular formula is C15H16N2O2S2. The van der Waals surface area contributed by atoms with Crippen molar-refractivity contribution in [2.45, 2.75) is 39.2 Å². The van der Waals surface area contributed by atoms with Gasteiger partial charge in [0.25, 0.3) is 0 Å². The first-order valence-corrected chi connectivity index (χ1v) is 8.58. The van der Waals surface area contributed by atoms with Gasteiger partial charge in [-0.3, -0.25) is 14.5 Å². The predicted octanol–water partition coefficient (Wildman–Crippen LogP) is 3.45. The molecule has 1 saturated carbocycles. The maximum absolute atomic E-state index is 12.6. The molecule has 0 unspecified atom stereocenters. The minimum absolute atomic E-state index is 0.0118. The number of Topliss-reactive ketones (excluding diaryl/α,β-unsaturated/α-hetero) is 1. The second kappa shape index (κ2) is 5.69. The van der Waals surface area contributed by atoms with Crippen molar-refractivity contribution in [1.29, 1.82) is 0 Å². The minimum Gasteiger partial charge on any atom is -0.294 e. The van der Waals surface area contributed by atoms with E-state index in [2.05, 4.69) is 4.98 Å². The number of hydrogen-bond acceptors (Lipinski definition) is 5. The summed E-state index contributed by atoms with van der Waals surface area (Å²) >= 11 is 2.92. The third kappa shape index (κ3) is 3.06. The standard InChI is InChI=1S/C15H16N2O2S2/c1-9-14(10(2)18)21-15(16-9)17(11-5-6-11)13(19)8-12-4-3-7-20-12/h3-4,7,11H,5-6,8H2,1-2H3. The fourth-order valence-corrected chi connectivity index (χ4v) is 4.01. The number of thiophene rings is 1. The molecular weight excluding hydrogens is 304 g/mol. The lowest BCUT2D eigenvalue weighted by Crippen LogP contribution is -2.34. The molecule has 0 atom stereocenters. The van der Waals surface area contributed by atoms with Gasteiger partial charge in [0.05, 0.1) is 17.0 Å². The Balaban J connectivity index is 1.86. The molecule has 1 aliphatic rings. The van der Waals surface area contributed by atoms with Crippen molar-refractivity contribution < 1.29 is 9.59 Å². The summed E-state index contributed by atoms with van der Waals surface area (Å²) < 4.78 is 0. The van der Waals surface area contributed by atoms with Gasteiger partial charge in [0, 0.05) is 17.8 Å². The molecule has 0 aromatic carbocycles. The second-order valence-corrected chi connectivity index (χ2v) is 7.23. The van der Waals surface area contributed by atoms with Crippen LogP contribution in [0.1, 0.15) is 40.0 Å². The average Bonchev–Trinajstić information content (AvgIpc) is 2.96. The first-order valence-electron chi connectivity index (χ1n) is 6.89. The zero-order chi connectivity index (χ0) is 15.0. The van der Waals surface area contributed by atoms with Crippen LogP contribution < -0.4 is 4.90 Å². The Bertz CT molecular complexity index is 672. The van der Waals surface area contributed by atoms with Gasteiger partial charge in [-0.15, -0.1) is 11.3 Å². The molecule has 21 heavy (non-hydrogen) atoms. The molecule has 4 nitrogen and oxygen atoms in total. The molecule has 0 aliphatic heterocycles. The molecule has 110 valence electrons. The first-order chi connectivity index (χ1) is 10.1. The summed E-state index contributed by atoms with van der Waals surface area (Å²) in [5, 5.41) is 2.65. The number of thiazole rings is 1. The van der Waals surface area contributed by atoms with Crippen LogP contribution in [0.5, 0.6) is 0 Å². The van der Waals surface area contributed by atoms with Crippen molar-refractivity contribution in [2.75, 3.05) is 4.90 Å². The van der Waals surface area contributed by atoms with Gasteiger partial charge in [-0.05, 0) is 31.2 Å². The van der Waals surface area contributed by atoms with Crippen LogP contribution in [-0.2, 0) is 11.2 Å². The highest BCUT2D eigenvalue weighted by molar-refractivity contribution is 7.17. The van der Waals surface area contributed by atoms with Crippen molar-refractivity contribution in [3.63, 3.8) is 0 Å². The molecule has 6 heteroatoms. The number of ketones is 1. The number of carbonyl (C=O) groups excluding carboxylic acids is 2. The average molecular weight is 320 g/mol. The molecule has 0 N–H and O–H groups in total. The lowest BCUT2D eigenvalue weighted by Gasteiger charge is -2.18. The monoisotopic (exact) mass is 320 g/mol. The Hall–Kier alpha value is -1.53. The van der Waals surface area contributed by atoms with Crippen molar-refractivity contribution in [3.8, 4) is 0 Å². The summed E-state index contributed by atoms with van der Waals surface area (Å²) in [6.45, 7) is 3.37. The summed E-state index contributed by atoms with van der Waals surface area (Å²) in [6, 6.07) is 4.18. The minimum atomic E-state index is 0.0118. The summed E-state index contributed by atoms with van der Waals surface area (Å²) in [7, 11) is 0. The molecule has 1 fully saturated rings. The Morgan fingerprint density at radius 3 is 2.71 bits per heavy atom. The Kier molecular flexibility index (Phi) is 3.91. The summed E-state index contributed by atoms with van der Waals surface area (Å²) in [6.07, 6.45) is 2.44. The molecule has 2 aromatic heterocycles. The molecule has 0 spiro atoms. The van der Waals surface area contributed by atoms with E-state index in [4.69, 9.17) is 0 Å². The highest BCUT2D eigenvalue weighted by atomic mass is 32.1. The fraction of sp³-hybridized carbons (Fsp3) is 0.400. The van der Waals surface area contributed by atoms with Crippen LogP contribution >= 0.6 is 22.7 Å². The lowest BCUT2D eigenvalue weighted by atomic mass is 10.3. The van der Waals surface area contributed by atoms with E-state index in [0.717, 1.165) is 23.4 Å². The smallest absolute Gasteiger partial charge is 0.234 e. The predicted molar refractivity (Wildman–Crippen MR) is 85.4 cm³/mol. The number of aryl methyl sites for hydroxylation is 1. The maximum Gasteiger partial charge on any atom is 0.234 e. The van der Waals surface area contributed by atoms with E-state index in [1.807, 2.05) is 24.4 Å². The van der Waals surface area contributed by atoms with Crippen LogP contribution in [-0.4, -0.2) is 22.7 Å². The zero-order valence-electron chi connectivity index (χ0n) is 12.0. The number of aromatic nitrogens is 1. The van der Waals surface area contributed by atoms with E-state index in [-0.39, 0.29) is 17.7 Å². The van der Waals surface area contributed by atoms with Crippen LogP contribution in [0.25, 0.3) is 0 Å². The van der Waals surface area contributed by atoms with Gasteiger partial charge in [-0.2, -0.15) is 0 Å². The molecule has 0 saturated heterocycles. The Morgan fingerprint density at radius 1 is 1.43 bits per heavy atom. The fourth-order valence-electron chi connectivity index (χ4n) is 2.26. The van der Waals surface area contributed by atoms with Crippen molar-refractivity contribution >= 4 is 39.5 Å². The second-order valence-electron chi connectivity index (χ2n) is 5.22. The van der Waals surface area contributed by atoms with Gasteiger partial charge in [-0.1, -0.05) is 17.4 Å². The van der Waals surface area contributed by atoms with E-state index in [1.54, 1.807) is 23.2 Å². The van der Waals surface area contributed by atoms with Crippen LogP contribution in [0.2, 0.25) is 0 Å². The van der Waals surface area contributed by atoms with Crippen LogP contribution in [0.15, 0.2) is 17.5 Å². The SMILES string of the molecule is CC(=O)c1sc(N(C(=O)Cc2cccs2)C2CC2)nc1C. The van der Waals surface area contributed by atoms with Crippen molar-refractivity contribution in [1.82, 2.24) is 4.98 Å². The molecule has 0 bridgehead atoms. The van der Waals surface area contributed by atoms with E-state index in [0.29, 0.717) is 16.4 Å². The normalized spacial score (nSPS) is 14.2. The van der Waals surface area contributed by atoms with E-state index in [1.165, 1.54) is 11.3 Å². The molecule has 0 radical (unpaired) electrons. The number of anilines is 1. The van der Waals surface area contributed by atoms with Crippen molar-refractivity contribution in [3.05, 3.63) is 33.0 Å². The largest absolute Gasteiger partial charge is 0.294 e. The number of carbonyl (C=O) groups is 2. The zero-order valence-corrected chi connectivity index (χ0v) is 13.6. The number of nitrogens with zero attached hydrogens (tertiary/aromatic N) is 2. The van der Waals surface area contributed by atoms with Crippen molar-refractivity contribution in [2.24, 2.45) is 0 Å². The third-order valence-electron chi connectivity index (χ3n) is 3.40. The highest BCUT2D eigenvalue weighted by Crippen LogP contribution is 2.36. The summed E-state index contributed by atoms with van der Waals surface area (Å²) in [4.78, 5) is 32.1. The molecule has 2 heterocycles. The van der Waals surface area contributed by atoms with E-state index in [9.17, 15) is 9.59 Å². The van der Waals surface area contributed by atoms with Gasteiger partial charge in [0.2, 0.25) is 5.91 Å². The van der Waals surface area contributed by atoms with Gasteiger partial charge in [0.1, 0.15) is 0 Å². The third-order valence-corrected chi connectivity index (χ3v) is 5.53. The molecule has 1 aliphatic carbocycles. The van der Waals surface area contributed by atoms with E-state index < -0.39 is 0 Å². The van der Waals surface area contributed by atoms with Crippen LogP contribution in [0, 0.1) is 6.92 Å². The maximum atomic E-state index is 12.6. The van der Waals surface area contributed by atoms with Gasteiger partial charge >= 0.3 is 0 Å². The lowest BCUT2D eigenvalue weighted by molar-refractivity contribution is -0.118. The highest BCUT2D eigenvalue weighted by Gasteiger charge is 2.36. The number of hydrogen-bond donors (Lipinski definition) is 0. The van der Waals surface area contributed by atoms with Gasteiger partial charge < -0.3 is 0 Å². The van der Waals surface area contributed by atoms with Crippen LogP contribution in [0.3, 0.4) is 0 Å². The molecule has 2 aromatic rings. The van der Waals surface area contributed by atoms with Crippen LogP contribution in [0.4, 0.5) is 5.13 Å². The Labute approximate surface area is 131 Å². The van der Waals surface area contributed by atoms with Gasteiger partial charge in [0.15, 0.2) is 10.9 Å². The van der Waals surface area contributed by atoms with Gasteiger partial charge in [-0.25, -0.2) is 4.98 Å². The summed E-state index contributed by atoms with van der Waals surface area (Å²) in [5.74, 6) is 0.0847. The quantitative estimate of drug-likeness (QED) is 0.793. The Morgan fingerprint density at radius 2 is 2.19 bits per heavy atom. The molecule has 3 rings (SSSR count). The first kappa shape index (κ1) is 14.4. The number of rotatable bonds is 5. The number of amides is 1. The van der Waals surface area contributed by atoms with E-state index >= 15 is 0 Å². The topological polar surface area (TPSA) is 50.3 Å².